The molecule has 4 amide bonds. The Hall–Kier alpha value is -4.04. The third kappa shape index (κ3) is 4.52. The van der Waals surface area contributed by atoms with Gasteiger partial charge in [0, 0.05) is 50.6 Å². The zero-order valence-corrected chi connectivity index (χ0v) is 19.3. The van der Waals surface area contributed by atoms with E-state index in [4.69, 9.17) is 0 Å². The Morgan fingerprint density at radius 3 is 2.14 bits per heavy atom. The maximum atomic E-state index is 13.8. The number of hydrogen-bond acceptors (Lipinski definition) is 5. The van der Waals surface area contributed by atoms with Gasteiger partial charge < -0.3 is 10.2 Å². The number of aromatic nitrogens is 1. The van der Waals surface area contributed by atoms with Gasteiger partial charge in [-0.3, -0.25) is 19.5 Å². The van der Waals surface area contributed by atoms with Crippen LogP contribution in [0.3, 0.4) is 0 Å². The number of amides is 4. The highest BCUT2D eigenvalue weighted by molar-refractivity contribution is 6.07. The molecule has 1 unspecified atom stereocenters. The number of rotatable bonds is 6. The third-order valence-corrected chi connectivity index (χ3v) is 6.68. The molecule has 2 saturated heterocycles. The summed E-state index contributed by atoms with van der Waals surface area (Å²) in [6, 6.07) is 22.1. The Morgan fingerprint density at radius 2 is 1.49 bits per heavy atom. The van der Waals surface area contributed by atoms with E-state index in [1.165, 1.54) is 4.90 Å². The lowest BCUT2D eigenvalue weighted by Gasteiger charge is -2.36. The predicted octanol–water partition coefficient (Wildman–Crippen LogP) is 2.49. The maximum absolute atomic E-state index is 13.8. The van der Waals surface area contributed by atoms with Crippen LogP contribution in [0.2, 0.25) is 0 Å². The van der Waals surface area contributed by atoms with E-state index in [1.807, 2.05) is 65.6 Å². The molecule has 0 spiro atoms. The van der Waals surface area contributed by atoms with E-state index in [1.54, 1.807) is 29.4 Å². The fourth-order valence-electron chi connectivity index (χ4n) is 4.77. The lowest BCUT2D eigenvalue weighted by molar-refractivity contribution is -0.133. The Balaban J connectivity index is 1.30. The fraction of sp³-hybridized carbons (Fsp3) is 0.259. The molecule has 8 nitrogen and oxygen atoms in total. The molecule has 178 valence electrons. The molecule has 0 radical (unpaired) electrons. The van der Waals surface area contributed by atoms with Crippen LogP contribution in [0, 0.1) is 0 Å². The third-order valence-electron chi connectivity index (χ3n) is 6.68. The molecule has 0 aliphatic carbocycles. The first-order valence-corrected chi connectivity index (χ1v) is 11.7. The molecule has 2 fully saturated rings. The number of carbonyl (C=O) groups excluding carboxylic acids is 3. The Morgan fingerprint density at radius 1 is 0.857 bits per heavy atom. The normalized spacial score (nSPS) is 20.7. The van der Waals surface area contributed by atoms with Crippen molar-refractivity contribution in [3.8, 4) is 0 Å². The van der Waals surface area contributed by atoms with E-state index in [-0.39, 0.29) is 18.5 Å². The summed E-state index contributed by atoms with van der Waals surface area (Å²) in [7, 11) is 0. The summed E-state index contributed by atoms with van der Waals surface area (Å²) in [5.41, 5.74) is 1.18. The van der Waals surface area contributed by atoms with Crippen molar-refractivity contribution in [2.75, 3.05) is 32.8 Å². The Kier molecular flexibility index (Phi) is 6.29. The van der Waals surface area contributed by atoms with E-state index < -0.39 is 11.6 Å². The molecule has 2 aliphatic heterocycles. The van der Waals surface area contributed by atoms with Gasteiger partial charge in [-0.05, 0) is 23.3 Å². The van der Waals surface area contributed by atoms with Crippen molar-refractivity contribution in [2.45, 2.75) is 12.0 Å². The van der Waals surface area contributed by atoms with E-state index in [0.29, 0.717) is 38.2 Å². The second-order valence-electron chi connectivity index (χ2n) is 8.88. The first-order valence-electron chi connectivity index (χ1n) is 11.7. The molecule has 35 heavy (non-hydrogen) atoms. The Labute approximate surface area is 204 Å². The van der Waals surface area contributed by atoms with E-state index in [2.05, 4.69) is 10.3 Å². The minimum Gasteiger partial charge on any atom is -0.336 e. The molecule has 3 aromatic rings. The number of nitrogens with one attached hydrogen (secondary N) is 1. The van der Waals surface area contributed by atoms with Gasteiger partial charge in [0.2, 0.25) is 0 Å². The predicted molar refractivity (Wildman–Crippen MR) is 130 cm³/mol. The highest BCUT2D eigenvalue weighted by atomic mass is 16.2. The number of urea groups is 1. The molecular weight excluding hydrogens is 442 g/mol. The van der Waals surface area contributed by atoms with Crippen molar-refractivity contribution in [3.63, 3.8) is 0 Å². The largest absolute Gasteiger partial charge is 0.336 e. The van der Waals surface area contributed by atoms with Gasteiger partial charge in [0.25, 0.3) is 11.8 Å². The van der Waals surface area contributed by atoms with Crippen LogP contribution < -0.4 is 5.32 Å². The van der Waals surface area contributed by atoms with Gasteiger partial charge in [-0.2, -0.15) is 0 Å². The van der Waals surface area contributed by atoms with Crippen molar-refractivity contribution in [2.24, 2.45) is 0 Å². The fourth-order valence-corrected chi connectivity index (χ4v) is 4.77. The van der Waals surface area contributed by atoms with Gasteiger partial charge in [0.05, 0.1) is 6.67 Å². The summed E-state index contributed by atoms with van der Waals surface area (Å²) in [5.74, 6) is -0.291. The number of pyridine rings is 1. The molecule has 2 aliphatic rings. The molecule has 1 atom stereocenters. The minimum absolute atomic E-state index is 0.0343. The zero-order chi connectivity index (χ0) is 24.3. The number of nitrogens with zero attached hydrogens (tertiary/aromatic N) is 4. The molecule has 8 heteroatoms. The molecule has 3 heterocycles. The van der Waals surface area contributed by atoms with Crippen LogP contribution in [0.15, 0.2) is 85.2 Å². The molecule has 0 saturated carbocycles. The minimum atomic E-state index is -1.15. The first-order chi connectivity index (χ1) is 17.1. The van der Waals surface area contributed by atoms with Crippen LogP contribution >= 0.6 is 0 Å². The topological polar surface area (TPSA) is 85.8 Å². The Bertz CT molecular complexity index is 1200. The monoisotopic (exact) mass is 469 g/mol. The van der Waals surface area contributed by atoms with Crippen LogP contribution in [0.5, 0.6) is 0 Å². The molecular formula is C27H27N5O3. The summed E-state index contributed by atoms with van der Waals surface area (Å²) in [5, 5.41) is 3.01. The summed E-state index contributed by atoms with van der Waals surface area (Å²) in [6.07, 6.45) is 3.58. The van der Waals surface area contributed by atoms with E-state index >= 15 is 0 Å². The summed E-state index contributed by atoms with van der Waals surface area (Å²) in [4.78, 5) is 48.7. The van der Waals surface area contributed by atoms with Crippen molar-refractivity contribution in [1.82, 2.24) is 25.0 Å². The lowest BCUT2D eigenvalue weighted by Crippen LogP contribution is -2.53. The summed E-state index contributed by atoms with van der Waals surface area (Å²) >= 11 is 0. The highest BCUT2D eigenvalue weighted by Crippen LogP contribution is 2.33. The number of hydrogen-bond donors (Lipinski definition) is 1. The van der Waals surface area contributed by atoms with Gasteiger partial charge in [0.1, 0.15) is 0 Å². The highest BCUT2D eigenvalue weighted by Gasteiger charge is 2.52. The average molecular weight is 470 g/mol. The number of piperazine rings is 1. The van der Waals surface area contributed by atoms with Crippen LogP contribution in [0.25, 0.3) is 0 Å². The van der Waals surface area contributed by atoms with Crippen LogP contribution in [0.1, 0.15) is 21.5 Å². The van der Waals surface area contributed by atoms with Crippen LogP contribution in [-0.2, 0) is 16.8 Å². The van der Waals surface area contributed by atoms with Gasteiger partial charge in [-0.1, -0.05) is 60.7 Å². The molecule has 2 aromatic carbocycles. The quantitative estimate of drug-likeness (QED) is 0.561. The average Bonchev–Trinajstić information content (AvgIpc) is 3.15. The van der Waals surface area contributed by atoms with Crippen molar-refractivity contribution < 1.29 is 14.4 Å². The van der Waals surface area contributed by atoms with Gasteiger partial charge in [0.15, 0.2) is 5.54 Å². The number of imide groups is 1. The van der Waals surface area contributed by atoms with Gasteiger partial charge in [-0.15, -0.1) is 0 Å². The smallest absolute Gasteiger partial charge is 0.326 e. The standard InChI is InChI=1S/C27H27N5O3/c33-24(22-11-13-28-14-12-22)31-17-15-30(16-18-31)20-32-25(34)27(29-26(32)35,23-9-5-2-6-10-23)19-21-7-3-1-4-8-21/h1-14H,15-20H2,(H,29,35). The summed E-state index contributed by atoms with van der Waals surface area (Å²) in [6.45, 7) is 2.39. The van der Waals surface area contributed by atoms with E-state index in [0.717, 1.165) is 11.1 Å². The van der Waals surface area contributed by atoms with E-state index in [9.17, 15) is 14.4 Å². The number of benzene rings is 2. The first kappa shape index (κ1) is 22.7. The second-order valence-corrected chi connectivity index (χ2v) is 8.88. The van der Waals surface area contributed by atoms with Crippen molar-refractivity contribution in [3.05, 3.63) is 102 Å². The SMILES string of the molecule is O=C(c1ccncc1)N1CCN(CN2C(=O)NC(Cc3ccccc3)(c3ccccc3)C2=O)CC1. The van der Waals surface area contributed by atoms with Crippen LogP contribution in [-0.4, -0.2) is 70.4 Å². The second kappa shape index (κ2) is 9.68. The molecule has 1 aromatic heterocycles. The zero-order valence-electron chi connectivity index (χ0n) is 19.3. The van der Waals surface area contributed by atoms with Crippen molar-refractivity contribution in [1.29, 1.82) is 0 Å². The molecule has 5 rings (SSSR count). The van der Waals surface area contributed by atoms with Gasteiger partial charge in [-0.25, -0.2) is 9.69 Å². The summed E-state index contributed by atoms with van der Waals surface area (Å²) < 4.78 is 0. The number of carbonyl (C=O) groups is 3. The van der Waals surface area contributed by atoms with Gasteiger partial charge >= 0.3 is 6.03 Å². The maximum Gasteiger partial charge on any atom is 0.326 e. The van der Waals surface area contributed by atoms with Crippen LogP contribution in [0.4, 0.5) is 4.79 Å². The lowest BCUT2D eigenvalue weighted by atomic mass is 9.83. The molecule has 0 bridgehead atoms. The van der Waals surface area contributed by atoms with Crippen molar-refractivity contribution >= 4 is 17.8 Å². The molecule has 1 N–H and O–H groups in total.